The van der Waals surface area contributed by atoms with Crippen molar-refractivity contribution in [2.45, 2.75) is 69.9 Å². The number of rotatable bonds is 7. The van der Waals surface area contributed by atoms with Crippen LogP contribution in [0.2, 0.25) is 0 Å². The third kappa shape index (κ3) is 6.39. The fourth-order valence-corrected chi connectivity index (χ4v) is 9.87. The number of carbonyl (C=O) groups is 3. The first-order chi connectivity index (χ1) is 24.9. The van der Waals surface area contributed by atoms with Crippen molar-refractivity contribution in [1.29, 1.82) is 0 Å². The number of nitrogens with zero attached hydrogens (tertiary/aromatic N) is 4. The number of nitrogens with one attached hydrogen (secondary N) is 1. The average Bonchev–Trinajstić information content (AvgIpc) is 3.95. The van der Waals surface area contributed by atoms with E-state index in [0.717, 1.165) is 69.4 Å². The number of aryl methyl sites for hydroxylation is 1. The number of aromatic hydroxyl groups is 1. The summed E-state index contributed by atoms with van der Waals surface area (Å²) in [5.41, 5.74) is 8.29. The molecule has 6 aliphatic rings. The van der Waals surface area contributed by atoms with Crippen LogP contribution < -0.4 is 15.1 Å². The van der Waals surface area contributed by atoms with Crippen LogP contribution in [0.15, 0.2) is 60.7 Å². The first kappa shape index (κ1) is 32.5. The Morgan fingerprint density at radius 1 is 0.706 bits per heavy atom. The zero-order valence-corrected chi connectivity index (χ0v) is 29.4. The van der Waals surface area contributed by atoms with Gasteiger partial charge in [0.15, 0.2) is 0 Å². The van der Waals surface area contributed by atoms with E-state index in [2.05, 4.69) is 56.4 Å². The van der Waals surface area contributed by atoms with Gasteiger partial charge in [-0.3, -0.25) is 24.6 Å². The summed E-state index contributed by atoms with van der Waals surface area (Å²) in [5, 5.41) is 12.5. The molecule has 9 rings (SSSR count). The molecule has 4 heterocycles. The van der Waals surface area contributed by atoms with E-state index in [4.69, 9.17) is 0 Å². The molecule has 0 spiro atoms. The molecule has 0 aromatic heterocycles. The van der Waals surface area contributed by atoms with Crippen LogP contribution in [0.4, 0.5) is 11.4 Å². The Morgan fingerprint density at radius 2 is 1.45 bits per heavy atom. The number of amides is 3. The van der Waals surface area contributed by atoms with Crippen molar-refractivity contribution in [3.63, 3.8) is 0 Å². The average molecular weight is 688 g/mol. The second-order valence-corrected chi connectivity index (χ2v) is 16.0. The number of anilines is 2. The van der Waals surface area contributed by atoms with Crippen LogP contribution in [0.5, 0.6) is 5.75 Å². The molecule has 0 unspecified atom stereocenters. The van der Waals surface area contributed by atoms with Gasteiger partial charge in [-0.05, 0) is 127 Å². The minimum atomic E-state index is -0.579. The van der Waals surface area contributed by atoms with Gasteiger partial charge < -0.3 is 19.8 Å². The van der Waals surface area contributed by atoms with E-state index in [1.807, 2.05) is 24.3 Å². The van der Waals surface area contributed by atoms with Crippen molar-refractivity contribution >= 4 is 29.1 Å². The Morgan fingerprint density at radius 3 is 2.20 bits per heavy atom. The maximum atomic E-state index is 13.1. The van der Waals surface area contributed by atoms with Gasteiger partial charge in [-0.15, -0.1) is 0 Å². The number of piperazine rings is 1. The SMILES string of the molecule is O=C1CC[C@H](N2Cc3cc(N4CCN(CC5CCN(c6ccc([C@H]7c8ccc(O)cc8CC[C@H]7C7CC7)cc6)CC5)CC4)ccc3C2=O)C(=O)N1. The van der Waals surface area contributed by atoms with Crippen LogP contribution in [-0.4, -0.2) is 84.5 Å². The third-order valence-corrected chi connectivity index (χ3v) is 12.9. The number of fused-ring (bicyclic) bond motifs is 2. The molecule has 9 heteroatoms. The van der Waals surface area contributed by atoms with Gasteiger partial charge in [0, 0.05) is 81.6 Å². The zero-order chi connectivity index (χ0) is 34.6. The lowest BCUT2D eigenvalue weighted by Gasteiger charge is -2.40. The predicted octanol–water partition coefficient (Wildman–Crippen LogP) is 5.30. The van der Waals surface area contributed by atoms with Gasteiger partial charge in [0.1, 0.15) is 11.8 Å². The standard InChI is InChI=1S/C42H49N5O4/c48-34-9-12-36-30(24-34)5-10-35(28-1-2-28)40(36)29-3-6-32(7-4-29)45-17-15-27(16-18-45)25-44-19-21-46(22-20-44)33-8-11-37-31(23-33)26-47(42(37)51)38-13-14-39(49)43-41(38)50/h3-4,6-9,11-12,23-24,27-28,35,38,40,48H,1-2,5,10,13-22,25-26H2,(H,43,49,50)/t35-,38-,40+/m0/s1. The second-order valence-electron chi connectivity index (χ2n) is 16.0. The summed E-state index contributed by atoms with van der Waals surface area (Å²) in [5.74, 6) is 2.35. The van der Waals surface area contributed by atoms with Crippen molar-refractivity contribution in [1.82, 2.24) is 15.1 Å². The number of phenols is 1. The highest BCUT2D eigenvalue weighted by atomic mass is 16.3. The topological polar surface area (TPSA) is 96.4 Å². The number of hydrogen-bond acceptors (Lipinski definition) is 7. The Balaban J connectivity index is 0.765. The molecule has 0 radical (unpaired) electrons. The fraction of sp³-hybridized carbons (Fsp3) is 0.500. The first-order valence-electron chi connectivity index (χ1n) is 19.3. The molecular weight excluding hydrogens is 638 g/mol. The Labute approximate surface area is 300 Å². The number of benzene rings is 3. The molecule has 9 nitrogen and oxygen atoms in total. The molecule has 266 valence electrons. The van der Waals surface area contributed by atoms with Crippen molar-refractivity contribution in [3.05, 3.63) is 88.5 Å². The number of piperidine rings is 2. The Kier molecular flexibility index (Phi) is 8.49. The van der Waals surface area contributed by atoms with Crippen molar-refractivity contribution in [2.75, 3.05) is 55.6 Å². The van der Waals surface area contributed by atoms with Crippen LogP contribution >= 0.6 is 0 Å². The smallest absolute Gasteiger partial charge is 0.255 e. The molecule has 3 saturated heterocycles. The molecule has 3 aromatic rings. The van der Waals surface area contributed by atoms with Crippen molar-refractivity contribution in [3.8, 4) is 5.75 Å². The van der Waals surface area contributed by atoms with Crippen molar-refractivity contribution < 1.29 is 19.5 Å². The number of hydrogen-bond donors (Lipinski definition) is 2. The molecule has 4 aliphatic heterocycles. The molecule has 0 bridgehead atoms. The lowest BCUT2D eigenvalue weighted by Crippen LogP contribution is -2.52. The van der Waals surface area contributed by atoms with Gasteiger partial charge in [0.2, 0.25) is 11.8 Å². The van der Waals surface area contributed by atoms with Gasteiger partial charge in [0.25, 0.3) is 5.91 Å². The summed E-state index contributed by atoms with van der Waals surface area (Å²) in [6.07, 6.45) is 8.12. The highest BCUT2D eigenvalue weighted by Crippen LogP contribution is 2.52. The largest absolute Gasteiger partial charge is 0.508 e. The molecule has 3 aromatic carbocycles. The highest BCUT2D eigenvalue weighted by Gasteiger charge is 2.41. The Hall–Kier alpha value is -4.37. The van der Waals surface area contributed by atoms with E-state index in [0.29, 0.717) is 42.0 Å². The molecule has 3 atom stereocenters. The molecule has 1 saturated carbocycles. The quantitative estimate of drug-likeness (QED) is 0.326. The first-order valence-corrected chi connectivity index (χ1v) is 19.3. The monoisotopic (exact) mass is 687 g/mol. The minimum Gasteiger partial charge on any atom is -0.508 e. The summed E-state index contributed by atoms with van der Waals surface area (Å²) in [6, 6.07) is 21.0. The Bertz CT molecular complexity index is 1820. The van der Waals surface area contributed by atoms with E-state index >= 15 is 0 Å². The summed E-state index contributed by atoms with van der Waals surface area (Å²) in [4.78, 5) is 46.4. The molecule has 3 amide bonds. The zero-order valence-electron chi connectivity index (χ0n) is 29.4. The lowest BCUT2D eigenvalue weighted by molar-refractivity contribution is -0.136. The lowest BCUT2D eigenvalue weighted by atomic mass is 9.70. The van der Waals surface area contributed by atoms with E-state index in [9.17, 15) is 19.5 Å². The van der Waals surface area contributed by atoms with Gasteiger partial charge >= 0.3 is 0 Å². The van der Waals surface area contributed by atoms with Crippen LogP contribution in [0, 0.1) is 17.8 Å². The minimum absolute atomic E-state index is 0.117. The molecule has 4 fully saturated rings. The van der Waals surface area contributed by atoms with Crippen LogP contribution in [0.25, 0.3) is 0 Å². The maximum Gasteiger partial charge on any atom is 0.255 e. The van der Waals surface area contributed by atoms with Gasteiger partial charge in [-0.1, -0.05) is 18.2 Å². The summed E-state index contributed by atoms with van der Waals surface area (Å²) in [6.45, 7) is 7.76. The molecule has 2 aliphatic carbocycles. The van der Waals surface area contributed by atoms with Gasteiger partial charge in [0.05, 0.1) is 0 Å². The predicted molar refractivity (Wildman–Crippen MR) is 197 cm³/mol. The van der Waals surface area contributed by atoms with E-state index in [-0.39, 0.29) is 24.1 Å². The van der Waals surface area contributed by atoms with Crippen LogP contribution in [0.3, 0.4) is 0 Å². The van der Waals surface area contributed by atoms with E-state index < -0.39 is 6.04 Å². The number of carbonyl (C=O) groups excluding carboxylic acids is 3. The van der Waals surface area contributed by atoms with E-state index in [1.165, 1.54) is 54.5 Å². The van der Waals surface area contributed by atoms with Crippen LogP contribution in [-0.2, 0) is 22.6 Å². The fourth-order valence-electron chi connectivity index (χ4n) is 9.87. The summed E-state index contributed by atoms with van der Waals surface area (Å²) < 4.78 is 0. The van der Waals surface area contributed by atoms with E-state index in [1.54, 1.807) is 4.90 Å². The number of imide groups is 1. The summed E-state index contributed by atoms with van der Waals surface area (Å²) in [7, 11) is 0. The highest BCUT2D eigenvalue weighted by molar-refractivity contribution is 6.05. The second kappa shape index (κ2) is 13.3. The summed E-state index contributed by atoms with van der Waals surface area (Å²) >= 11 is 0. The maximum absolute atomic E-state index is 13.1. The van der Waals surface area contributed by atoms with Gasteiger partial charge in [-0.2, -0.15) is 0 Å². The molecule has 51 heavy (non-hydrogen) atoms. The van der Waals surface area contributed by atoms with Crippen molar-refractivity contribution in [2.24, 2.45) is 17.8 Å². The molecular formula is C42H49N5O4. The molecule has 2 N–H and O–H groups in total. The van der Waals surface area contributed by atoms with Crippen LogP contribution in [0.1, 0.15) is 83.5 Å². The van der Waals surface area contributed by atoms with Gasteiger partial charge in [-0.25, -0.2) is 0 Å². The number of phenolic OH excluding ortho intramolecular Hbond substituents is 1. The normalized spacial score (nSPS) is 25.9. The third-order valence-electron chi connectivity index (χ3n) is 12.9.